The van der Waals surface area contributed by atoms with Crippen molar-refractivity contribution in [3.63, 3.8) is 0 Å². The minimum atomic E-state index is -0.932. The molecule has 0 saturated heterocycles. The molecule has 1 aliphatic carbocycles. The SMILES string of the molecule is CCOC(=O)c1cn(C2CC2)c2c(F)c(C#CCBr)c(F)cc2c1=O. The topological polar surface area (TPSA) is 48.3 Å². The molecule has 0 atom stereocenters. The first-order chi connectivity index (χ1) is 12.0. The summed E-state index contributed by atoms with van der Waals surface area (Å²) >= 11 is 3.08. The smallest absolute Gasteiger partial charge is 0.343 e. The Hall–Kier alpha value is -2.20. The van der Waals surface area contributed by atoms with E-state index in [0.29, 0.717) is 0 Å². The molecular formula is C18H14BrF2NO3. The number of ether oxygens (including phenoxy) is 1. The molecule has 0 N–H and O–H groups in total. The Morgan fingerprint density at radius 3 is 2.76 bits per heavy atom. The standard InChI is InChI=1S/C18H14BrF2NO3/c1-2-25-18(24)13-9-22(10-5-6-10)16-12(17(13)23)8-14(20)11(15(16)21)4-3-7-19/h8-10H,2,5-7H2,1H3. The molecule has 1 saturated carbocycles. The summed E-state index contributed by atoms with van der Waals surface area (Å²) in [5.41, 5.74) is -1.38. The Balaban J connectivity index is 2.36. The maximum Gasteiger partial charge on any atom is 0.343 e. The lowest BCUT2D eigenvalue weighted by molar-refractivity contribution is 0.0524. The molecule has 3 rings (SSSR count). The zero-order valence-corrected chi connectivity index (χ0v) is 15.0. The highest BCUT2D eigenvalue weighted by atomic mass is 79.9. The van der Waals surface area contributed by atoms with Crippen molar-refractivity contribution in [2.45, 2.75) is 25.8 Å². The van der Waals surface area contributed by atoms with E-state index in [0.717, 1.165) is 18.9 Å². The molecule has 1 aromatic heterocycles. The van der Waals surface area contributed by atoms with Crippen LogP contribution in [0.15, 0.2) is 17.1 Å². The van der Waals surface area contributed by atoms with Crippen LogP contribution in [0.4, 0.5) is 8.78 Å². The van der Waals surface area contributed by atoms with Crippen LogP contribution in [0.25, 0.3) is 10.9 Å². The maximum absolute atomic E-state index is 14.9. The van der Waals surface area contributed by atoms with Crippen LogP contribution in [0.2, 0.25) is 0 Å². The van der Waals surface area contributed by atoms with Crippen LogP contribution in [0, 0.1) is 23.5 Å². The second-order valence-electron chi connectivity index (χ2n) is 5.61. The molecule has 1 aliphatic rings. The number of fused-ring (bicyclic) bond motifs is 1. The average molecular weight is 410 g/mol. The summed E-state index contributed by atoms with van der Waals surface area (Å²) in [5, 5.41) is 0.0815. The van der Waals surface area contributed by atoms with Gasteiger partial charge in [0.15, 0.2) is 5.82 Å². The second kappa shape index (κ2) is 6.96. The number of hydrogen-bond donors (Lipinski definition) is 0. The molecule has 130 valence electrons. The molecule has 4 nitrogen and oxygen atoms in total. The van der Waals surface area contributed by atoms with Crippen molar-refractivity contribution in [2.24, 2.45) is 0 Å². The van der Waals surface area contributed by atoms with Crippen LogP contribution in [0.5, 0.6) is 0 Å². The molecule has 0 bridgehead atoms. The van der Waals surface area contributed by atoms with E-state index in [-0.39, 0.29) is 40.0 Å². The predicted molar refractivity (Wildman–Crippen MR) is 93.0 cm³/mol. The number of aromatic nitrogens is 1. The minimum Gasteiger partial charge on any atom is -0.462 e. The van der Waals surface area contributed by atoms with E-state index in [1.54, 1.807) is 6.92 Å². The molecular weight excluding hydrogens is 396 g/mol. The van der Waals surface area contributed by atoms with Gasteiger partial charge in [-0.1, -0.05) is 27.8 Å². The molecule has 7 heteroatoms. The number of halogens is 3. The zero-order valence-electron chi connectivity index (χ0n) is 13.4. The number of benzene rings is 1. The number of carbonyl (C=O) groups excluding carboxylic acids is 1. The fraction of sp³-hybridized carbons (Fsp3) is 0.333. The molecule has 0 spiro atoms. The van der Waals surface area contributed by atoms with Crippen LogP contribution < -0.4 is 5.43 Å². The quantitative estimate of drug-likeness (QED) is 0.442. The van der Waals surface area contributed by atoms with Gasteiger partial charge in [0.2, 0.25) is 5.43 Å². The number of alkyl halides is 1. The van der Waals surface area contributed by atoms with Crippen LogP contribution in [-0.2, 0) is 4.74 Å². The van der Waals surface area contributed by atoms with Crippen molar-refractivity contribution < 1.29 is 18.3 Å². The molecule has 0 radical (unpaired) electrons. The second-order valence-corrected chi connectivity index (χ2v) is 6.17. The molecule has 1 heterocycles. The molecule has 2 aromatic rings. The van der Waals surface area contributed by atoms with Crippen LogP contribution >= 0.6 is 15.9 Å². The third-order valence-corrected chi connectivity index (χ3v) is 4.20. The Kier molecular flexibility index (Phi) is 4.91. The lowest BCUT2D eigenvalue weighted by atomic mass is 10.1. The van der Waals surface area contributed by atoms with E-state index in [1.807, 2.05) is 0 Å². The van der Waals surface area contributed by atoms with Gasteiger partial charge >= 0.3 is 5.97 Å². The summed E-state index contributed by atoms with van der Waals surface area (Å²) in [6, 6.07) is 0.911. The van der Waals surface area contributed by atoms with Crippen LogP contribution in [0.1, 0.15) is 41.7 Å². The average Bonchev–Trinajstić information content (AvgIpc) is 3.40. The number of pyridine rings is 1. The molecule has 0 aliphatic heterocycles. The monoisotopic (exact) mass is 409 g/mol. The van der Waals surface area contributed by atoms with E-state index < -0.39 is 23.0 Å². The van der Waals surface area contributed by atoms with Crippen LogP contribution in [-0.4, -0.2) is 22.5 Å². The van der Waals surface area contributed by atoms with Crippen molar-refractivity contribution >= 4 is 32.8 Å². The fourth-order valence-electron chi connectivity index (χ4n) is 2.67. The molecule has 0 amide bonds. The Morgan fingerprint density at radius 2 is 2.16 bits per heavy atom. The molecule has 25 heavy (non-hydrogen) atoms. The Morgan fingerprint density at radius 1 is 1.44 bits per heavy atom. The molecule has 0 unspecified atom stereocenters. The number of nitrogens with zero attached hydrogens (tertiary/aromatic N) is 1. The minimum absolute atomic E-state index is 0.0270. The normalized spacial score (nSPS) is 13.4. The predicted octanol–water partition coefficient (Wildman–Crippen LogP) is 3.54. The lowest BCUT2D eigenvalue weighted by Gasteiger charge is -2.14. The third kappa shape index (κ3) is 3.19. The highest BCUT2D eigenvalue weighted by Crippen LogP contribution is 2.38. The van der Waals surface area contributed by atoms with Gasteiger partial charge < -0.3 is 9.30 Å². The summed E-state index contributed by atoms with van der Waals surface area (Å²) in [5.74, 6) is 2.38. The van der Waals surface area contributed by atoms with Gasteiger partial charge in [-0.2, -0.15) is 0 Å². The van der Waals surface area contributed by atoms with E-state index >= 15 is 0 Å². The summed E-state index contributed by atoms with van der Waals surface area (Å²) in [6.45, 7) is 1.72. The van der Waals surface area contributed by atoms with Crippen molar-refractivity contribution in [2.75, 3.05) is 11.9 Å². The first-order valence-electron chi connectivity index (χ1n) is 7.78. The van der Waals surface area contributed by atoms with Crippen molar-refractivity contribution in [1.82, 2.24) is 4.57 Å². The summed E-state index contributed by atoms with van der Waals surface area (Å²) in [4.78, 5) is 24.6. The summed E-state index contributed by atoms with van der Waals surface area (Å²) in [7, 11) is 0. The van der Waals surface area contributed by atoms with Gasteiger partial charge in [-0.05, 0) is 25.8 Å². The van der Waals surface area contributed by atoms with E-state index in [4.69, 9.17) is 4.74 Å². The summed E-state index contributed by atoms with van der Waals surface area (Å²) in [6.07, 6.45) is 2.89. The zero-order chi connectivity index (χ0) is 18.1. The van der Waals surface area contributed by atoms with Gasteiger partial charge in [0, 0.05) is 12.2 Å². The fourth-order valence-corrected chi connectivity index (χ4v) is 2.81. The first-order valence-corrected chi connectivity index (χ1v) is 8.90. The Labute approximate surface area is 150 Å². The molecule has 1 fully saturated rings. The number of rotatable bonds is 3. The largest absolute Gasteiger partial charge is 0.462 e. The Bertz CT molecular complexity index is 984. The van der Waals surface area contributed by atoms with E-state index in [2.05, 4.69) is 27.8 Å². The highest BCUT2D eigenvalue weighted by molar-refractivity contribution is 9.09. The first kappa shape index (κ1) is 17.6. The number of hydrogen-bond acceptors (Lipinski definition) is 3. The van der Waals surface area contributed by atoms with Crippen LogP contribution in [0.3, 0.4) is 0 Å². The van der Waals surface area contributed by atoms with Gasteiger partial charge in [-0.25, -0.2) is 13.6 Å². The van der Waals surface area contributed by atoms with Gasteiger partial charge in [-0.3, -0.25) is 4.79 Å². The number of carbonyl (C=O) groups is 1. The third-order valence-electron chi connectivity index (χ3n) is 3.92. The van der Waals surface area contributed by atoms with Gasteiger partial charge in [0.05, 0.1) is 28.4 Å². The van der Waals surface area contributed by atoms with E-state index in [9.17, 15) is 18.4 Å². The van der Waals surface area contributed by atoms with Gasteiger partial charge in [0.1, 0.15) is 11.4 Å². The van der Waals surface area contributed by atoms with Gasteiger partial charge in [-0.15, -0.1) is 0 Å². The lowest BCUT2D eigenvalue weighted by Crippen LogP contribution is -2.22. The summed E-state index contributed by atoms with van der Waals surface area (Å²) < 4.78 is 35.6. The highest BCUT2D eigenvalue weighted by Gasteiger charge is 2.29. The van der Waals surface area contributed by atoms with Crippen molar-refractivity contribution in [3.8, 4) is 11.8 Å². The maximum atomic E-state index is 14.9. The van der Waals surface area contributed by atoms with E-state index in [1.165, 1.54) is 10.8 Å². The van der Waals surface area contributed by atoms with Crippen molar-refractivity contribution in [1.29, 1.82) is 0 Å². The van der Waals surface area contributed by atoms with Gasteiger partial charge in [0.25, 0.3) is 0 Å². The van der Waals surface area contributed by atoms with Crippen molar-refractivity contribution in [3.05, 3.63) is 45.2 Å². The molecule has 1 aromatic carbocycles. The number of esters is 1.